The molecule has 0 atom stereocenters. The van der Waals surface area contributed by atoms with Gasteiger partial charge in [0.25, 0.3) is 0 Å². The van der Waals surface area contributed by atoms with Crippen LogP contribution in [0.25, 0.3) is 0 Å². The molecule has 1 aromatic carbocycles. The summed E-state index contributed by atoms with van der Waals surface area (Å²) in [6.45, 7) is 11.0. The quantitative estimate of drug-likeness (QED) is 0.853. The molecule has 2 heteroatoms. The summed E-state index contributed by atoms with van der Waals surface area (Å²) >= 11 is 0. The van der Waals surface area contributed by atoms with Crippen molar-refractivity contribution in [2.75, 3.05) is 0 Å². The fraction of sp³-hybridized carbons (Fsp3) is 0.533. The van der Waals surface area contributed by atoms with E-state index in [1.807, 2.05) is 24.3 Å². The molecule has 0 heterocycles. The Labute approximate surface area is 104 Å². The predicted octanol–water partition coefficient (Wildman–Crippen LogP) is 3.50. The number of hydrogen-bond acceptors (Lipinski definition) is 1. The number of benzene rings is 1. The minimum absolute atomic E-state index is 0.0517. The molecule has 17 heavy (non-hydrogen) atoms. The van der Waals surface area contributed by atoms with Crippen LogP contribution in [0.2, 0.25) is 0 Å². The Kier molecular flexibility index (Phi) is 3.65. The van der Waals surface area contributed by atoms with Crippen molar-refractivity contribution in [1.82, 2.24) is 0 Å². The molecular weight excluding hydrogens is 210 g/mol. The third-order valence-electron chi connectivity index (χ3n) is 2.89. The number of carbonyl (C=O) groups is 1. The summed E-state index contributed by atoms with van der Waals surface area (Å²) in [4.78, 5) is 11.5. The van der Waals surface area contributed by atoms with Crippen LogP contribution in [0.3, 0.4) is 0 Å². The van der Waals surface area contributed by atoms with Crippen molar-refractivity contribution in [3.05, 3.63) is 35.4 Å². The van der Waals surface area contributed by atoms with E-state index in [0.29, 0.717) is 5.56 Å². The maximum absolute atomic E-state index is 11.5. The highest BCUT2D eigenvalue weighted by Gasteiger charge is 2.29. The monoisotopic (exact) mass is 233 g/mol. The summed E-state index contributed by atoms with van der Waals surface area (Å²) in [6, 6.07) is 7.64. The van der Waals surface area contributed by atoms with Crippen LogP contribution in [-0.2, 0) is 5.41 Å². The van der Waals surface area contributed by atoms with Gasteiger partial charge < -0.3 is 5.73 Å². The zero-order valence-electron chi connectivity index (χ0n) is 11.5. The number of amides is 1. The highest BCUT2D eigenvalue weighted by Crippen LogP contribution is 2.37. The zero-order chi connectivity index (χ0) is 13.3. The molecule has 0 unspecified atom stereocenters. The Morgan fingerprint density at radius 3 is 2.12 bits per heavy atom. The first kappa shape index (κ1) is 13.8. The van der Waals surface area contributed by atoms with Gasteiger partial charge in [0, 0.05) is 5.56 Å². The van der Waals surface area contributed by atoms with Gasteiger partial charge in [-0.2, -0.15) is 0 Å². The molecule has 2 nitrogen and oxygen atoms in total. The summed E-state index contributed by atoms with van der Waals surface area (Å²) < 4.78 is 0. The Morgan fingerprint density at radius 2 is 1.65 bits per heavy atom. The minimum Gasteiger partial charge on any atom is -0.366 e. The minimum atomic E-state index is -0.345. The van der Waals surface area contributed by atoms with Crippen LogP contribution in [0.15, 0.2) is 24.3 Å². The zero-order valence-corrected chi connectivity index (χ0v) is 11.5. The Balaban J connectivity index is 3.19. The number of primary amides is 1. The van der Waals surface area contributed by atoms with Crippen LogP contribution < -0.4 is 5.73 Å². The molecule has 2 N–H and O–H groups in total. The van der Waals surface area contributed by atoms with Crippen LogP contribution in [0.4, 0.5) is 0 Å². The summed E-state index contributed by atoms with van der Waals surface area (Å²) in [6.07, 6.45) is 1.00. The summed E-state index contributed by atoms with van der Waals surface area (Å²) in [5.74, 6) is -0.345. The van der Waals surface area contributed by atoms with E-state index >= 15 is 0 Å². The first-order valence-electron chi connectivity index (χ1n) is 6.03. The van der Waals surface area contributed by atoms with Gasteiger partial charge in [-0.15, -0.1) is 0 Å². The molecular formula is C15H23NO. The van der Waals surface area contributed by atoms with Crippen molar-refractivity contribution < 1.29 is 4.79 Å². The van der Waals surface area contributed by atoms with Gasteiger partial charge in [-0.05, 0) is 28.9 Å². The van der Waals surface area contributed by atoms with Gasteiger partial charge in [0.1, 0.15) is 0 Å². The van der Waals surface area contributed by atoms with Gasteiger partial charge in [-0.25, -0.2) is 0 Å². The number of rotatable bonds is 3. The van der Waals surface area contributed by atoms with Crippen LogP contribution in [0.5, 0.6) is 0 Å². The lowest BCUT2D eigenvalue weighted by atomic mass is 9.71. The van der Waals surface area contributed by atoms with E-state index in [9.17, 15) is 4.79 Å². The van der Waals surface area contributed by atoms with Crippen molar-refractivity contribution in [3.8, 4) is 0 Å². The number of nitrogens with two attached hydrogens (primary N) is 1. The van der Waals surface area contributed by atoms with Crippen molar-refractivity contribution in [3.63, 3.8) is 0 Å². The van der Waals surface area contributed by atoms with Crippen LogP contribution in [0, 0.1) is 5.41 Å². The molecule has 94 valence electrons. The first-order chi connectivity index (χ1) is 7.63. The maximum atomic E-state index is 11.5. The fourth-order valence-electron chi connectivity index (χ4n) is 2.71. The van der Waals surface area contributed by atoms with E-state index in [2.05, 4.69) is 34.6 Å². The maximum Gasteiger partial charge on any atom is 0.248 e. The van der Waals surface area contributed by atoms with E-state index in [-0.39, 0.29) is 16.7 Å². The smallest absolute Gasteiger partial charge is 0.248 e. The molecule has 1 amide bonds. The molecule has 0 aliphatic heterocycles. The van der Waals surface area contributed by atoms with Crippen LogP contribution in [0.1, 0.15) is 57.0 Å². The topological polar surface area (TPSA) is 43.1 Å². The van der Waals surface area contributed by atoms with Gasteiger partial charge in [-0.3, -0.25) is 4.79 Å². The van der Waals surface area contributed by atoms with E-state index < -0.39 is 0 Å². The summed E-state index contributed by atoms with van der Waals surface area (Å²) in [5, 5.41) is 0. The van der Waals surface area contributed by atoms with Crippen molar-refractivity contribution in [1.29, 1.82) is 0 Å². The number of hydrogen-bond donors (Lipinski definition) is 1. The average Bonchev–Trinajstić information content (AvgIpc) is 2.14. The second kappa shape index (κ2) is 4.52. The highest BCUT2D eigenvalue weighted by atomic mass is 16.1. The van der Waals surface area contributed by atoms with Crippen LogP contribution in [-0.4, -0.2) is 5.91 Å². The second-order valence-corrected chi connectivity index (χ2v) is 6.53. The van der Waals surface area contributed by atoms with Gasteiger partial charge in [0.05, 0.1) is 0 Å². The van der Waals surface area contributed by atoms with Crippen LogP contribution >= 0.6 is 0 Å². The van der Waals surface area contributed by atoms with Gasteiger partial charge >= 0.3 is 0 Å². The highest BCUT2D eigenvalue weighted by molar-refractivity contribution is 5.94. The average molecular weight is 233 g/mol. The van der Waals surface area contributed by atoms with Gasteiger partial charge in [-0.1, -0.05) is 52.8 Å². The Hall–Kier alpha value is -1.31. The van der Waals surface area contributed by atoms with Crippen molar-refractivity contribution >= 4 is 5.91 Å². The molecule has 0 aromatic heterocycles. The molecule has 0 saturated carbocycles. The molecule has 1 rings (SSSR count). The molecule has 0 fully saturated rings. The lowest BCUT2D eigenvalue weighted by Gasteiger charge is -2.34. The van der Waals surface area contributed by atoms with E-state index in [0.717, 1.165) is 12.0 Å². The van der Waals surface area contributed by atoms with Crippen molar-refractivity contribution in [2.24, 2.45) is 11.1 Å². The molecule has 0 saturated heterocycles. The largest absolute Gasteiger partial charge is 0.366 e. The van der Waals surface area contributed by atoms with Gasteiger partial charge in [0.2, 0.25) is 5.91 Å². The molecule has 0 radical (unpaired) electrons. The third-order valence-corrected chi connectivity index (χ3v) is 2.89. The predicted molar refractivity (Wildman–Crippen MR) is 72.1 cm³/mol. The number of carbonyl (C=O) groups excluding carboxylic acids is 1. The lowest BCUT2D eigenvalue weighted by molar-refractivity contribution is 0.0997. The van der Waals surface area contributed by atoms with Crippen molar-refractivity contribution in [2.45, 2.75) is 46.5 Å². The Bertz CT molecular complexity index is 413. The van der Waals surface area contributed by atoms with Gasteiger partial charge in [0.15, 0.2) is 0 Å². The molecule has 1 aromatic rings. The van der Waals surface area contributed by atoms with E-state index in [4.69, 9.17) is 5.73 Å². The van der Waals surface area contributed by atoms with E-state index in [1.165, 1.54) is 0 Å². The van der Waals surface area contributed by atoms with E-state index in [1.54, 1.807) is 0 Å². The fourth-order valence-corrected chi connectivity index (χ4v) is 2.71. The lowest BCUT2D eigenvalue weighted by Crippen LogP contribution is -2.28. The summed E-state index contributed by atoms with van der Waals surface area (Å²) in [7, 11) is 0. The standard InChI is InChI=1S/C15H23NO/c1-14(2,3)10-15(4,5)12-9-7-6-8-11(12)13(16)17/h6-9H,10H2,1-5H3,(H2,16,17). The Morgan fingerprint density at radius 1 is 1.12 bits per heavy atom. The first-order valence-corrected chi connectivity index (χ1v) is 6.03. The summed E-state index contributed by atoms with van der Waals surface area (Å²) in [5.41, 5.74) is 7.29. The second-order valence-electron chi connectivity index (χ2n) is 6.53. The normalized spacial score (nSPS) is 12.5. The molecule has 0 bridgehead atoms. The third kappa shape index (κ3) is 3.58. The molecule has 0 aliphatic carbocycles. The SMILES string of the molecule is CC(C)(C)CC(C)(C)c1ccccc1C(N)=O. The molecule has 0 spiro atoms. The molecule has 0 aliphatic rings.